The lowest BCUT2D eigenvalue weighted by atomic mass is 9.91. The molecule has 0 saturated carbocycles. The van der Waals surface area contributed by atoms with Gasteiger partial charge in [0.2, 0.25) is 0 Å². The molecule has 0 atom stereocenters. The fourth-order valence-corrected chi connectivity index (χ4v) is 7.44. The fraction of sp³-hybridized carbons (Fsp3) is 0. The largest absolute Gasteiger partial charge is 0.309 e. The summed E-state index contributed by atoms with van der Waals surface area (Å²) in [5, 5.41) is 34.9. The van der Waals surface area contributed by atoms with E-state index >= 15 is 0 Å². The molecule has 7 aromatic carbocycles. The number of hydrogen-bond donors (Lipinski definition) is 0. The number of rotatable bonds is 4. The highest BCUT2D eigenvalue weighted by Gasteiger charge is 2.21. The molecule has 2 aromatic heterocycles. The zero-order chi connectivity index (χ0) is 33.8. The Hall–Kier alpha value is -7.39. The minimum absolute atomic E-state index is 0.474. The van der Waals surface area contributed by atoms with Crippen molar-refractivity contribution in [3.8, 4) is 51.8 Å². The van der Waals surface area contributed by atoms with E-state index in [0.717, 1.165) is 55.3 Å². The molecular formula is C45H25N5. The first-order valence-corrected chi connectivity index (χ1v) is 16.3. The third-order valence-electron chi connectivity index (χ3n) is 9.65. The fourth-order valence-electron chi connectivity index (χ4n) is 7.44. The number of para-hydroxylation sites is 3. The van der Waals surface area contributed by atoms with Crippen LogP contribution in [0.1, 0.15) is 16.7 Å². The third kappa shape index (κ3) is 4.31. The van der Waals surface area contributed by atoms with Crippen LogP contribution < -0.4 is 0 Å². The number of benzene rings is 7. The summed E-state index contributed by atoms with van der Waals surface area (Å²) in [6, 6.07) is 57.7. The maximum Gasteiger partial charge on any atom is 0.0998 e. The van der Waals surface area contributed by atoms with Crippen LogP contribution in [-0.2, 0) is 0 Å². The number of fused-ring (bicyclic) bond motifs is 6. The van der Waals surface area contributed by atoms with Crippen molar-refractivity contribution in [2.45, 2.75) is 0 Å². The quantitative estimate of drug-likeness (QED) is 0.193. The summed E-state index contributed by atoms with van der Waals surface area (Å²) in [5.74, 6) is 0. The molecule has 0 bridgehead atoms. The van der Waals surface area contributed by atoms with Crippen molar-refractivity contribution >= 4 is 43.6 Å². The van der Waals surface area contributed by atoms with Crippen LogP contribution in [0.5, 0.6) is 0 Å². The van der Waals surface area contributed by atoms with E-state index < -0.39 is 0 Å². The first-order chi connectivity index (χ1) is 24.7. The average Bonchev–Trinajstić information content (AvgIpc) is 3.70. The molecule has 0 N–H and O–H groups in total. The standard InChI is InChI=1S/C45H25N5/c46-26-29-16-23-43-39(24-29)38-11-3-6-14-42(38)50(43)44-15-7-8-32(27-47)45(44)35-22-19-31(25-33(35)28-48)30-17-20-34(21-18-30)49-40-12-4-1-9-36(40)37-10-2-5-13-41(37)49/h1-25H. The van der Waals surface area contributed by atoms with Gasteiger partial charge in [0.25, 0.3) is 0 Å². The molecule has 230 valence electrons. The molecule has 2 heterocycles. The minimum atomic E-state index is 0.474. The van der Waals surface area contributed by atoms with Gasteiger partial charge in [0.1, 0.15) is 0 Å². The molecule has 50 heavy (non-hydrogen) atoms. The zero-order valence-electron chi connectivity index (χ0n) is 26.7. The van der Waals surface area contributed by atoms with E-state index in [9.17, 15) is 15.8 Å². The van der Waals surface area contributed by atoms with Gasteiger partial charge in [0.15, 0.2) is 0 Å². The van der Waals surface area contributed by atoms with Gasteiger partial charge in [-0.15, -0.1) is 0 Å². The summed E-state index contributed by atoms with van der Waals surface area (Å²) in [6.45, 7) is 0. The van der Waals surface area contributed by atoms with E-state index in [2.05, 4.69) is 100 Å². The van der Waals surface area contributed by atoms with Crippen LogP contribution >= 0.6 is 0 Å². The van der Waals surface area contributed by atoms with Gasteiger partial charge < -0.3 is 9.13 Å². The van der Waals surface area contributed by atoms with Crippen molar-refractivity contribution in [2.24, 2.45) is 0 Å². The molecule has 0 fully saturated rings. The van der Waals surface area contributed by atoms with Gasteiger partial charge in [-0.25, -0.2) is 0 Å². The smallest absolute Gasteiger partial charge is 0.0998 e. The molecule has 0 unspecified atom stereocenters. The van der Waals surface area contributed by atoms with E-state index in [1.54, 1.807) is 6.07 Å². The second-order valence-corrected chi connectivity index (χ2v) is 12.3. The van der Waals surface area contributed by atoms with Gasteiger partial charge in [-0.3, -0.25) is 0 Å². The van der Waals surface area contributed by atoms with Crippen LogP contribution in [0.15, 0.2) is 152 Å². The topological polar surface area (TPSA) is 81.2 Å². The maximum atomic E-state index is 10.5. The zero-order valence-corrected chi connectivity index (χ0v) is 26.7. The lowest BCUT2D eigenvalue weighted by Crippen LogP contribution is -2.01. The molecule has 0 spiro atoms. The maximum absolute atomic E-state index is 10.5. The van der Waals surface area contributed by atoms with Crippen LogP contribution in [-0.4, -0.2) is 9.13 Å². The number of nitrogens with zero attached hydrogens (tertiary/aromatic N) is 5. The Morgan fingerprint density at radius 2 is 0.980 bits per heavy atom. The predicted molar refractivity (Wildman–Crippen MR) is 200 cm³/mol. The van der Waals surface area contributed by atoms with E-state index in [1.165, 1.54) is 10.8 Å². The highest BCUT2D eigenvalue weighted by molar-refractivity contribution is 6.11. The highest BCUT2D eigenvalue weighted by Crippen LogP contribution is 2.40. The van der Waals surface area contributed by atoms with Crippen molar-refractivity contribution in [1.82, 2.24) is 9.13 Å². The summed E-state index contributed by atoms with van der Waals surface area (Å²) in [6.07, 6.45) is 0. The van der Waals surface area contributed by atoms with Gasteiger partial charge in [0.05, 0.1) is 62.7 Å². The lowest BCUT2D eigenvalue weighted by Gasteiger charge is -2.17. The van der Waals surface area contributed by atoms with Gasteiger partial charge >= 0.3 is 0 Å². The Morgan fingerprint density at radius 3 is 1.62 bits per heavy atom. The molecule has 0 aliphatic rings. The van der Waals surface area contributed by atoms with Crippen molar-refractivity contribution in [3.63, 3.8) is 0 Å². The summed E-state index contributed by atoms with van der Waals surface area (Å²) >= 11 is 0. The summed E-state index contributed by atoms with van der Waals surface area (Å²) in [4.78, 5) is 0. The molecule has 9 aromatic rings. The van der Waals surface area contributed by atoms with E-state index in [-0.39, 0.29) is 0 Å². The molecule has 9 rings (SSSR count). The Balaban J connectivity index is 1.18. The molecule has 0 amide bonds. The van der Waals surface area contributed by atoms with Crippen LogP contribution in [0.3, 0.4) is 0 Å². The van der Waals surface area contributed by atoms with Crippen LogP contribution in [0, 0.1) is 34.0 Å². The molecule has 0 aliphatic carbocycles. The SMILES string of the molecule is N#Cc1ccc2c(c1)c1ccccc1n2-c1cccc(C#N)c1-c1ccc(-c2ccc(-n3c4ccccc4c4ccccc43)cc2)cc1C#N. The Labute approximate surface area is 287 Å². The number of aromatic nitrogens is 2. The first-order valence-electron chi connectivity index (χ1n) is 16.3. The number of hydrogen-bond acceptors (Lipinski definition) is 3. The molecule has 0 saturated heterocycles. The van der Waals surface area contributed by atoms with Gasteiger partial charge in [-0.05, 0) is 77.9 Å². The molecule has 5 nitrogen and oxygen atoms in total. The van der Waals surface area contributed by atoms with Crippen LogP contribution in [0.25, 0.3) is 77.2 Å². The second kappa shape index (κ2) is 11.4. The van der Waals surface area contributed by atoms with Gasteiger partial charge in [-0.1, -0.05) is 84.9 Å². The van der Waals surface area contributed by atoms with E-state index in [0.29, 0.717) is 27.8 Å². The monoisotopic (exact) mass is 635 g/mol. The van der Waals surface area contributed by atoms with Gasteiger partial charge in [0, 0.05) is 38.4 Å². The summed E-state index contributed by atoms with van der Waals surface area (Å²) in [5.41, 5.74) is 10.8. The summed E-state index contributed by atoms with van der Waals surface area (Å²) < 4.78 is 4.42. The Kier molecular flexibility index (Phi) is 6.56. The predicted octanol–water partition coefficient (Wildman–Crippen LogP) is 10.8. The molecule has 5 heteroatoms. The van der Waals surface area contributed by atoms with Crippen LogP contribution in [0.2, 0.25) is 0 Å². The third-order valence-corrected chi connectivity index (χ3v) is 9.65. The average molecular weight is 636 g/mol. The second-order valence-electron chi connectivity index (χ2n) is 12.3. The molecule has 0 aliphatic heterocycles. The number of nitriles is 3. The van der Waals surface area contributed by atoms with Crippen molar-refractivity contribution in [1.29, 1.82) is 15.8 Å². The van der Waals surface area contributed by atoms with E-state index in [1.807, 2.05) is 72.8 Å². The molecular weight excluding hydrogens is 611 g/mol. The van der Waals surface area contributed by atoms with Crippen molar-refractivity contribution in [2.75, 3.05) is 0 Å². The van der Waals surface area contributed by atoms with E-state index in [4.69, 9.17) is 0 Å². The lowest BCUT2D eigenvalue weighted by molar-refractivity contribution is 1.18. The highest BCUT2D eigenvalue weighted by atomic mass is 15.0. The Bertz CT molecular complexity index is 2900. The normalized spacial score (nSPS) is 11.1. The summed E-state index contributed by atoms with van der Waals surface area (Å²) in [7, 11) is 0. The van der Waals surface area contributed by atoms with Crippen LogP contribution in [0.4, 0.5) is 0 Å². The van der Waals surface area contributed by atoms with Crippen molar-refractivity contribution in [3.05, 3.63) is 168 Å². The molecule has 0 radical (unpaired) electrons. The van der Waals surface area contributed by atoms with Crippen molar-refractivity contribution < 1.29 is 0 Å². The first kappa shape index (κ1) is 28.8. The minimum Gasteiger partial charge on any atom is -0.309 e. The Morgan fingerprint density at radius 1 is 0.400 bits per heavy atom. The van der Waals surface area contributed by atoms with Gasteiger partial charge in [-0.2, -0.15) is 15.8 Å².